The fourth-order valence-electron chi connectivity index (χ4n) is 2.39. The molecule has 1 unspecified atom stereocenters. The lowest BCUT2D eigenvalue weighted by atomic mass is 10.0. The Kier molecular flexibility index (Phi) is 8.86. The van der Waals surface area contributed by atoms with Crippen molar-refractivity contribution in [3.63, 3.8) is 0 Å². The second kappa shape index (κ2) is 10.6. The van der Waals surface area contributed by atoms with Crippen molar-refractivity contribution in [3.8, 4) is 11.5 Å². The van der Waals surface area contributed by atoms with E-state index < -0.39 is 24.7 Å². The third-order valence-electron chi connectivity index (χ3n) is 3.52. The number of aromatic hydroxyl groups is 1. The highest BCUT2D eigenvalue weighted by Crippen LogP contribution is 2.26. The third-order valence-corrected chi connectivity index (χ3v) is 3.52. The Labute approximate surface area is 154 Å². The van der Waals surface area contributed by atoms with Crippen LogP contribution in [-0.4, -0.2) is 54.0 Å². The molecule has 0 saturated carbocycles. The molecule has 0 radical (unpaired) electrons. The van der Waals surface area contributed by atoms with Gasteiger partial charge in [0.15, 0.2) is 6.61 Å². The SMILES string of the molecule is CC(=O)O.O=C(NCC1CCCCN1)c1cc(O)ccc1OCC(F)(F)F. The van der Waals surface area contributed by atoms with Crippen molar-refractivity contribution in [2.24, 2.45) is 0 Å². The van der Waals surface area contributed by atoms with Gasteiger partial charge in [0.25, 0.3) is 11.9 Å². The van der Waals surface area contributed by atoms with E-state index in [1.807, 2.05) is 0 Å². The molecule has 1 aromatic rings. The van der Waals surface area contributed by atoms with Gasteiger partial charge in [-0.1, -0.05) is 6.42 Å². The van der Waals surface area contributed by atoms with Gasteiger partial charge in [-0.3, -0.25) is 9.59 Å². The lowest BCUT2D eigenvalue weighted by molar-refractivity contribution is -0.153. The maximum atomic E-state index is 12.3. The fraction of sp³-hybridized carbons (Fsp3) is 0.529. The number of nitrogens with one attached hydrogen (secondary N) is 2. The molecule has 1 atom stereocenters. The summed E-state index contributed by atoms with van der Waals surface area (Å²) >= 11 is 0. The number of phenolic OH excluding ortho intramolecular Hbond substituents is 1. The van der Waals surface area contributed by atoms with E-state index in [4.69, 9.17) is 9.90 Å². The summed E-state index contributed by atoms with van der Waals surface area (Å²) < 4.78 is 41.4. The van der Waals surface area contributed by atoms with Crippen LogP contribution in [0.15, 0.2) is 18.2 Å². The molecule has 7 nitrogen and oxygen atoms in total. The molecule has 1 heterocycles. The summed E-state index contributed by atoms with van der Waals surface area (Å²) in [4.78, 5) is 21.2. The molecular weight excluding hydrogens is 369 g/mol. The van der Waals surface area contributed by atoms with E-state index in [0.29, 0.717) is 6.54 Å². The summed E-state index contributed by atoms with van der Waals surface area (Å²) in [5.74, 6) is -1.84. The van der Waals surface area contributed by atoms with Crippen molar-refractivity contribution in [1.29, 1.82) is 0 Å². The number of hydrogen-bond donors (Lipinski definition) is 4. The minimum atomic E-state index is -4.50. The summed E-state index contributed by atoms with van der Waals surface area (Å²) in [5, 5.41) is 22.8. The van der Waals surface area contributed by atoms with Gasteiger partial charge < -0.3 is 25.6 Å². The summed E-state index contributed by atoms with van der Waals surface area (Å²) in [6.07, 6.45) is -1.42. The van der Waals surface area contributed by atoms with Crippen molar-refractivity contribution in [1.82, 2.24) is 10.6 Å². The molecule has 1 amide bonds. The van der Waals surface area contributed by atoms with E-state index in [2.05, 4.69) is 15.4 Å². The van der Waals surface area contributed by atoms with Crippen LogP contribution in [0.4, 0.5) is 13.2 Å². The number of rotatable bonds is 5. The normalized spacial score (nSPS) is 16.7. The predicted molar refractivity (Wildman–Crippen MR) is 90.9 cm³/mol. The highest BCUT2D eigenvalue weighted by molar-refractivity contribution is 5.97. The number of aliphatic carboxylic acids is 1. The molecule has 2 rings (SSSR count). The molecule has 1 aliphatic heterocycles. The number of piperidine rings is 1. The number of ether oxygens (including phenoxy) is 1. The number of hydrogen-bond acceptors (Lipinski definition) is 5. The van der Waals surface area contributed by atoms with E-state index in [1.165, 1.54) is 6.07 Å². The minimum Gasteiger partial charge on any atom is -0.508 e. The van der Waals surface area contributed by atoms with Crippen molar-refractivity contribution in [2.75, 3.05) is 19.7 Å². The van der Waals surface area contributed by atoms with Crippen molar-refractivity contribution < 1.29 is 37.7 Å². The highest BCUT2D eigenvalue weighted by Gasteiger charge is 2.29. The monoisotopic (exact) mass is 392 g/mol. The Bertz CT molecular complexity index is 627. The topological polar surface area (TPSA) is 108 Å². The maximum absolute atomic E-state index is 12.3. The first-order valence-corrected chi connectivity index (χ1v) is 8.32. The second-order valence-corrected chi connectivity index (χ2v) is 5.96. The fourth-order valence-corrected chi connectivity index (χ4v) is 2.39. The summed E-state index contributed by atoms with van der Waals surface area (Å²) in [6, 6.07) is 3.56. The molecule has 0 spiro atoms. The number of carbonyl (C=O) groups excluding carboxylic acids is 1. The van der Waals surface area contributed by atoms with Gasteiger partial charge in [0.2, 0.25) is 0 Å². The predicted octanol–water partition coefficient (Wildman–Crippen LogP) is 2.30. The first-order valence-electron chi connectivity index (χ1n) is 8.32. The van der Waals surface area contributed by atoms with Crippen LogP contribution >= 0.6 is 0 Å². The number of alkyl halides is 3. The van der Waals surface area contributed by atoms with E-state index in [9.17, 15) is 23.1 Å². The second-order valence-electron chi connectivity index (χ2n) is 5.96. The molecule has 0 aromatic heterocycles. The maximum Gasteiger partial charge on any atom is 0.422 e. The summed E-state index contributed by atoms with van der Waals surface area (Å²) in [5.41, 5.74) is -0.120. The van der Waals surface area contributed by atoms with Crippen molar-refractivity contribution in [3.05, 3.63) is 23.8 Å². The van der Waals surface area contributed by atoms with E-state index >= 15 is 0 Å². The number of benzene rings is 1. The molecule has 4 N–H and O–H groups in total. The van der Waals surface area contributed by atoms with Crippen LogP contribution < -0.4 is 15.4 Å². The summed E-state index contributed by atoms with van der Waals surface area (Å²) in [6.45, 7) is 0.835. The van der Waals surface area contributed by atoms with Crippen LogP contribution in [0.25, 0.3) is 0 Å². The zero-order chi connectivity index (χ0) is 20.4. The summed E-state index contributed by atoms with van der Waals surface area (Å²) in [7, 11) is 0. The number of carbonyl (C=O) groups is 2. The molecule has 27 heavy (non-hydrogen) atoms. The molecule has 1 fully saturated rings. The Morgan fingerprint density at radius 3 is 2.56 bits per heavy atom. The van der Waals surface area contributed by atoms with Crippen LogP contribution in [0.2, 0.25) is 0 Å². The minimum absolute atomic E-state index is 0.120. The average Bonchev–Trinajstić information content (AvgIpc) is 2.58. The molecule has 1 aromatic carbocycles. The average molecular weight is 392 g/mol. The van der Waals surface area contributed by atoms with Gasteiger partial charge in [0.1, 0.15) is 11.5 Å². The number of amides is 1. The number of halogens is 3. The smallest absolute Gasteiger partial charge is 0.422 e. The van der Waals surface area contributed by atoms with Crippen molar-refractivity contribution >= 4 is 11.9 Å². The zero-order valence-corrected chi connectivity index (χ0v) is 14.8. The quantitative estimate of drug-likeness (QED) is 0.613. The van der Waals surface area contributed by atoms with Crippen LogP contribution in [0.5, 0.6) is 11.5 Å². The van der Waals surface area contributed by atoms with Crippen LogP contribution in [-0.2, 0) is 4.79 Å². The third kappa shape index (κ3) is 9.69. The lowest BCUT2D eigenvalue weighted by Gasteiger charge is -2.23. The Hall–Kier alpha value is -2.49. The lowest BCUT2D eigenvalue weighted by Crippen LogP contribution is -2.43. The number of carboxylic acids is 1. The van der Waals surface area contributed by atoms with Gasteiger partial charge in [-0.05, 0) is 37.6 Å². The van der Waals surface area contributed by atoms with Gasteiger partial charge in [-0.2, -0.15) is 13.2 Å². The number of carboxylic acid groups (broad SMARTS) is 1. The van der Waals surface area contributed by atoms with Gasteiger partial charge in [-0.15, -0.1) is 0 Å². The highest BCUT2D eigenvalue weighted by atomic mass is 19.4. The standard InChI is InChI=1S/C15H19F3N2O3.C2H4O2/c16-15(17,18)9-23-13-5-4-11(21)7-12(13)14(22)20-8-10-3-1-2-6-19-10;1-2(3)4/h4-5,7,10,19,21H,1-3,6,8-9H2,(H,20,22);1H3,(H,3,4). The molecule has 152 valence electrons. The van der Waals surface area contributed by atoms with Gasteiger partial charge in [0, 0.05) is 19.5 Å². The first-order chi connectivity index (χ1) is 12.6. The van der Waals surface area contributed by atoms with Crippen LogP contribution in [0, 0.1) is 0 Å². The molecule has 0 aliphatic carbocycles. The van der Waals surface area contributed by atoms with Crippen molar-refractivity contribution in [2.45, 2.75) is 38.4 Å². The number of phenols is 1. The Morgan fingerprint density at radius 1 is 1.33 bits per heavy atom. The Morgan fingerprint density at radius 2 is 2.00 bits per heavy atom. The van der Waals surface area contributed by atoms with E-state index in [1.54, 1.807) is 0 Å². The van der Waals surface area contributed by atoms with Gasteiger partial charge in [-0.25, -0.2) is 0 Å². The van der Waals surface area contributed by atoms with E-state index in [-0.39, 0.29) is 23.1 Å². The molecule has 1 saturated heterocycles. The molecule has 1 aliphatic rings. The largest absolute Gasteiger partial charge is 0.508 e. The van der Waals surface area contributed by atoms with Crippen LogP contribution in [0.1, 0.15) is 36.5 Å². The zero-order valence-electron chi connectivity index (χ0n) is 14.8. The molecule has 10 heteroatoms. The Balaban J connectivity index is 0.000000828. The molecular formula is C17H23F3N2O5. The van der Waals surface area contributed by atoms with Crippen LogP contribution in [0.3, 0.4) is 0 Å². The molecule has 0 bridgehead atoms. The van der Waals surface area contributed by atoms with Gasteiger partial charge in [0.05, 0.1) is 5.56 Å². The first kappa shape index (κ1) is 22.6. The van der Waals surface area contributed by atoms with Gasteiger partial charge >= 0.3 is 6.18 Å². The van der Waals surface area contributed by atoms with E-state index in [0.717, 1.165) is 44.9 Å².